The first-order chi connectivity index (χ1) is 8.78. The minimum atomic E-state index is -0.332. The molecule has 4 heteroatoms. The minimum Gasteiger partial charge on any atom is -0.338 e. The zero-order chi connectivity index (χ0) is 12.5. The largest absolute Gasteiger partial charge is 0.338 e. The lowest BCUT2D eigenvalue weighted by Crippen LogP contribution is -2.28. The number of fused-ring (bicyclic) bond motifs is 1. The fourth-order valence-corrected chi connectivity index (χ4v) is 2.50. The summed E-state index contributed by atoms with van der Waals surface area (Å²) in [5, 5.41) is 0. The summed E-state index contributed by atoms with van der Waals surface area (Å²) in [4.78, 5) is 14.0. The number of likely N-dealkylation sites (tertiary alicyclic amines) is 1. The van der Waals surface area contributed by atoms with Crippen LogP contribution in [0.5, 0.6) is 0 Å². The van der Waals surface area contributed by atoms with Crippen LogP contribution >= 0.6 is 0 Å². The molecule has 1 atom stereocenters. The van der Waals surface area contributed by atoms with Gasteiger partial charge >= 0.3 is 0 Å². The van der Waals surface area contributed by atoms with Crippen LogP contribution in [0.4, 0.5) is 4.39 Å². The standard InChI is InChI=1S/C14H15FN2O/c15-8-11-4-6-17(9-11)14(18)12-7-13-3-1-2-5-16(13)10-12/h1-3,5,7,10-11H,4,6,8-9H2. The zero-order valence-corrected chi connectivity index (χ0v) is 10.1. The van der Waals surface area contributed by atoms with Gasteiger partial charge in [0.25, 0.3) is 5.91 Å². The van der Waals surface area contributed by atoms with Crippen molar-refractivity contribution in [3.63, 3.8) is 0 Å². The molecule has 2 aromatic rings. The molecule has 1 aliphatic heterocycles. The van der Waals surface area contributed by atoms with Gasteiger partial charge in [0.05, 0.1) is 12.2 Å². The smallest absolute Gasteiger partial charge is 0.255 e. The second-order valence-corrected chi connectivity index (χ2v) is 4.82. The van der Waals surface area contributed by atoms with E-state index in [1.165, 1.54) is 0 Å². The number of alkyl halides is 1. The molecule has 0 spiro atoms. The van der Waals surface area contributed by atoms with Crippen LogP contribution in [-0.2, 0) is 0 Å². The van der Waals surface area contributed by atoms with Gasteiger partial charge in [-0.05, 0) is 24.6 Å². The van der Waals surface area contributed by atoms with Gasteiger partial charge in [0.1, 0.15) is 0 Å². The van der Waals surface area contributed by atoms with Gasteiger partial charge in [-0.3, -0.25) is 9.18 Å². The summed E-state index contributed by atoms with van der Waals surface area (Å²) in [6.07, 6.45) is 4.52. The van der Waals surface area contributed by atoms with Crippen molar-refractivity contribution in [2.45, 2.75) is 6.42 Å². The molecule has 0 aromatic carbocycles. The van der Waals surface area contributed by atoms with E-state index in [0.717, 1.165) is 11.9 Å². The highest BCUT2D eigenvalue weighted by Crippen LogP contribution is 2.20. The molecular weight excluding hydrogens is 231 g/mol. The number of nitrogens with zero attached hydrogens (tertiary/aromatic N) is 2. The molecule has 1 aliphatic rings. The van der Waals surface area contributed by atoms with Crippen molar-refractivity contribution in [1.29, 1.82) is 0 Å². The van der Waals surface area contributed by atoms with Gasteiger partial charge in [-0.25, -0.2) is 0 Å². The maximum atomic E-state index is 12.6. The van der Waals surface area contributed by atoms with E-state index in [2.05, 4.69) is 0 Å². The Morgan fingerprint density at radius 1 is 1.44 bits per heavy atom. The Kier molecular flexibility index (Phi) is 2.78. The normalized spacial score (nSPS) is 19.6. The van der Waals surface area contributed by atoms with E-state index in [1.54, 1.807) is 4.90 Å². The van der Waals surface area contributed by atoms with E-state index in [-0.39, 0.29) is 18.5 Å². The molecule has 0 saturated carbocycles. The lowest BCUT2D eigenvalue weighted by molar-refractivity contribution is 0.0785. The molecular formula is C14H15FN2O. The number of carbonyl (C=O) groups is 1. The average Bonchev–Trinajstić information content (AvgIpc) is 3.04. The van der Waals surface area contributed by atoms with Gasteiger partial charge in [0, 0.05) is 36.9 Å². The molecule has 0 aliphatic carbocycles. The molecule has 3 nitrogen and oxygen atoms in total. The quantitative estimate of drug-likeness (QED) is 0.798. The van der Waals surface area contributed by atoms with Crippen molar-refractivity contribution in [3.05, 3.63) is 42.2 Å². The Bertz CT molecular complexity index is 545. The Balaban J connectivity index is 1.84. The number of halogens is 1. The van der Waals surface area contributed by atoms with Crippen LogP contribution in [-0.4, -0.2) is 35.0 Å². The van der Waals surface area contributed by atoms with Gasteiger partial charge in [0.2, 0.25) is 0 Å². The summed E-state index contributed by atoms with van der Waals surface area (Å²) in [6, 6.07) is 7.71. The lowest BCUT2D eigenvalue weighted by Gasteiger charge is -2.14. The predicted octanol–water partition coefficient (Wildman–Crippen LogP) is 2.37. The Morgan fingerprint density at radius 3 is 3.06 bits per heavy atom. The molecule has 0 radical (unpaired) electrons. The van der Waals surface area contributed by atoms with Gasteiger partial charge < -0.3 is 9.30 Å². The minimum absolute atomic E-state index is 0.00894. The second-order valence-electron chi connectivity index (χ2n) is 4.82. The molecule has 1 amide bonds. The molecule has 2 aromatic heterocycles. The maximum absolute atomic E-state index is 12.6. The van der Waals surface area contributed by atoms with Crippen LogP contribution in [0.1, 0.15) is 16.8 Å². The molecule has 1 unspecified atom stereocenters. The van der Waals surface area contributed by atoms with Crippen LogP contribution < -0.4 is 0 Å². The van der Waals surface area contributed by atoms with Gasteiger partial charge in [-0.1, -0.05) is 6.07 Å². The van der Waals surface area contributed by atoms with E-state index in [4.69, 9.17) is 0 Å². The number of amides is 1. The lowest BCUT2D eigenvalue weighted by atomic mass is 10.1. The van der Waals surface area contributed by atoms with Crippen molar-refractivity contribution >= 4 is 11.4 Å². The van der Waals surface area contributed by atoms with E-state index in [0.29, 0.717) is 18.7 Å². The zero-order valence-electron chi connectivity index (χ0n) is 10.1. The second kappa shape index (κ2) is 4.44. The van der Waals surface area contributed by atoms with Crippen molar-refractivity contribution < 1.29 is 9.18 Å². The highest BCUT2D eigenvalue weighted by molar-refractivity contribution is 5.95. The summed E-state index contributed by atoms with van der Waals surface area (Å²) in [5.74, 6) is 0.0284. The van der Waals surface area contributed by atoms with Gasteiger partial charge in [0.15, 0.2) is 0 Å². The highest BCUT2D eigenvalue weighted by Gasteiger charge is 2.27. The summed E-state index contributed by atoms with van der Waals surface area (Å²) in [6.45, 7) is 0.878. The summed E-state index contributed by atoms with van der Waals surface area (Å²) in [7, 11) is 0. The average molecular weight is 246 g/mol. The van der Waals surface area contributed by atoms with E-state index in [9.17, 15) is 9.18 Å². The van der Waals surface area contributed by atoms with Crippen molar-refractivity contribution in [2.75, 3.05) is 19.8 Å². The SMILES string of the molecule is O=C(c1cc2ccccn2c1)N1CCC(CF)C1. The maximum Gasteiger partial charge on any atom is 0.255 e. The fraction of sp³-hybridized carbons (Fsp3) is 0.357. The van der Waals surface area contributed by atoms with Crippen molar-refractivity contribution in [1.82, 2.24) is 9.30 Å². The van der Waals surface area contributed by atoms with Crippen molar-refractivity contribution in [2.24, 2.45) is 5.92 Å². The molecule has 1 saturated heterocycles. The third-order valence-electron chi connectivity index (χ3n) is 3.54. The first-order valence-electron chi connectivity index (χ1n) is 6.20. The first kappa shape index (κ1) is 11.3. The van der Waals surface area contributed by atoms with E-state index < -0.39 is 0 Å². The van der Waals surface area contributed by atoms with Crippen LogP contribution in [0.3, 0.4) is 0 Å². The predicted molar refractivity (Wildman–Crippen MR) is 67.4 cm³/mol. The molecule has 18 heavy (non-hydrogen) atoms. The first-order valence-corrected chi connectivity index (χ1v) is 6.20. The Hall–Kier alpha value is -1.84. The molecule has 0 N–H and O–H groups in total. The van der Waals surface area contributed by atoms with Gasteiger partial charge in [-0.2, -0.15) is 0 Å². The van der Waals surface area contributed by atoms with Gasteiger partial charge in [-0.15, -0.1) is 0 Å². The number of rotatable bonds is 2. The number of hydrogen-bond donors (Lipinski definition) is 0. The molecule has 3 heterocycles. The van der Waals surface area contributed by atoms with Crippen LogP contribution in [0.25, 0.3) is 5.52 Å². The molecule has 94 valence electrons. The highest BCUT2D eigenvalue weighted by atomic mass is 19.1. The van der Waals surface area contributed by atoms with Crippen LogP contribution in [0, 0.1) is 5.92 Å². The Labute approximate surface area is 105 Å². The Morgan fingerprint density at radius 2 is 2.33 bits per heavy atom. The van der Waals surface area contributed by atoms with Crippen LogP contribution in [0.2, 0.25) is 0 Å². The number of hydrogen-bond acceptors (Lipinski definition) is 1. The summed E-state index contributed by atoms with van der Waals surface area (Å²) in [5.41, 5.74) is 1.68. The summed E-state index contributed by atoms with van der Waals surface area (Å²) < 4.78 is 14.5. The number of pyridine rings is 1. The van der Waals surface area contributed by atoms with E-state index in [1.807, 2.05) is 41.1 Å². The third kappa shape index (κ3) is 1.88. The molecule has 1 fully saturated rings. The summed E-state index contributed by atoms with van der Waals surface area (Å²) >= 11 is 0. The third-order valence-corrected chi connectivity index (χ3v) is 3.54. The topological polar surface area (TPSA) is 24.7 Å². The number of aromatic nitrogens is 1. The molecule has 0 bridgehead atoms. The number of carbonyl (C=O) groups excluding carboxylic acids is 1. The van der Waals surface area contributed by atoms with E-state index >= 15 is 0 Å². The fourth-order valence-electron chi connectivity index (χ4n) is 2.50. The van der Waals surface area contributed by atoms with Crippen molar-refractivity contribution in [3.8, 4) is 0 Å². The molecule has 3 rings (SSSR count). The van der Waals surface area contributed by atoms with Crippen LogP contribution in [0.15, 0.2) is 36.7 Å². The monoisotopic (exact) mass is 246 g/mol.